The molecule has 2 unspecified atom stereocenters. The molecule has 2 rings (SSSR count). The zero-order valence-corrected chi connectivity index (χ0v) is 14.1. The minimum Gasteiger partial charge on any atom is -0.483 e. The van der Waals surface area contributed by atoms with Gasteiger partial charge < -0.3 is 14.7 Å². The van der Waals surface area contributed by atoms with E-state index in [2.05, 4.69) is 15.9 Å². The van der Waals surface area contributed by atoms with Crippen molar-refractivity contribution in [3.05, 3.63) is 28.2 Å². The van der Waals surface area contributed by atoms with Crippen LogP contribution in [-0.2, 0) is 9.59 Å². The standard InChI is InChI=1S/C14H16BrNO4S/c1-8-3-4-12(10(15)5-8)20-6-13(17)16-9(2)21-7-11(16)14(18)19/h3-5,9,11H,6-7H2,1-2H3,(H,18,19). The molecule has 0 aliphatic carbocycles. The van der Waals surface area contributed by atoms with E-state index in [1.54, 1.807) is 6.07 Å². The van der Waals surface area contributed by atoms with Gasteiger partial charge in [0, 0.05) is 5.75 Å². The predicted octanol–water partition coefficient (Wildman–Crippen LogP) is 2.51. The second kappa shape index (κ2) is 6.70. The van der Waals surface area contributed by atoms with E-state index in [-0.39, 0.29) is 17.9 Å². The summed E-state index contributed by atoms with van der Waals surface area (Å²) >= 11 is 4.84. The second-order valence-corrected chi connectivity index (χ2v) is 7.01. The maximum absolute atomic E-state index is 12.2. The van der Waals surface area contributed by atoms with Gasteiger partial charge in [-0.1, -0.05) is 6.07 Å². The SMILES string of the molecule is Cc1ccc(OCC(=O)N2C(C)SCC2C(=O)O)c(Br)c1. The number of nitrogens with zero attached hydrogens (tertiary/aromatic N) is 1. The van der Waals surface area contributed by atoms with Gasteiger partial charge in [0.1, 0.15) is 11.8 Å². The van der Waals surface area contributed by atoms with E-state index in [4.69, 9.17) is 9.84 Å². The molecule has 21 heavy (non-hydrogen) atoms. The lowest BCUT2D eigenvalue weighted by Gasteiger charge is -2.25. The van der Waals surface area contributed by atoms with Gasteiger partial charge >= 0.3 is 5.97 Å². The Morgan fingerprint density at radius 3 is 2.86 bits per heavy atom. The molecule has 5 nitrogen and oxygen atoms in total. The molecule has 1 aliphatic rings. The molecule has 0 spiro atoms. The van der Waals surface area contributed by atoms with Gasteiger partial charge in [0.25, 0.3) is 5.91 Å². The third kappa shape index (κ3) is 3.71. The van der Waals surface area contributed by atoms with Crippen molar-refractivity contribution in [2.45, 2.75) is 25.3 Å². The molecule has 1 saturated heterocycles. The Bertz CT molecular complexity index is 566. The third-order valence-electron chi connectivity index (χ3n) is 3.23. The van der Waals surface area contributed by atoms with Crippen LogP contribution in [0.3, 0.4) is 0 Å². The third-order valence-corrected chi connectivity index (χ3v) is 5.07. The molecule has 1 aromatic rings. The van der Waals surface area contributed by atoms with Crippen LogP contribution >= 0.6 is 27.7 Å². The molecule has 1 fully saturated rings. The van der Waals surface area contributed by atoms with E-state index in [1.165, 1.54) is 16.7 Å². The summed E-state index contributed by atoms with van der Waals surface area (Å²) in [5, 5.41) is 9.01. The molecule has 7 heteroatoms. The molecule has 0 saturated carbocycles. The summed E-state index contributed by atoms with van der Waals surface area (Å²) in [5.41, 5.74) is 1.08. The molecule has 1 aromatic carbocycles. The van der Waals surface area contributed by atoms with Crippen LogP contribution in [0.25, 0.3) is 0 Å². The van der Waals surface area contributed by atoms with E-state index >= 15 is 0 Å². The highest BCUT2D eigenvalue weighted by Gasteiger charge is 2.39. The lowest BCUT2D eigenvalue weighted by molar-refractivity contribution is -0.149. The lowest BCUT2D eigenvalue weighted by Crippen LogP contribution is -2.46. The molecule has 1 aliphatic heterocycles. The van der Waals surface area contributed by atoms with Gasteiger partial charge in [0.05, 0.1) is 9.85 Å². The Balaban J connectivity index is 2.02. The number of hydrogen-bond donors (Lipinski definition) is 1. The molecule has 114 valence electrons. The number of benzene rings is 1. The Morgan fingerprint density at radius 1 is 1.52 bits per heavy atom. The smallest absolute Gasteiger partial charge is 0.327 e. The number of thioether (sulfide) groups is 1. The monoisotopic (exact) mass is 373 g/mol. The van der Waals surface area contributed by atoms with E-state index in [9.17, 15) is 9.59 Å². The maximum atomic E-state index is 12.2. The molecule has 2 atom stereocenters. The number of aryl methyl sites for hydroxylation is 1. The molecular formula is C14H16BrNO4S. The number of amides is 1. The first kappa shape index (κ1) is 16.2. The van der Waals surface area contributed by atoms with E-state index in [0.29, 0.717) is 11.5 Å². The van der Waals surface area contributed by atoms with Crippen LogP contribution in [0.4, 0.5) is 0 Å². The van der Waals surface area contributed by atoms with Gasteiger partial charge in [-0.15, -0.1) is 11.8 Å². The number of ether oxygens (including phenoxy) is 1. The number of carbonyl (C=O) groups is 2. The Morgan fingerprint density at radius 2 is 2.24 bits per heavy atom. The van der Waals surface area contributed by atoms with E-state index in [0.717, 1.165) is 10.0 Å². The molecule has 0 bridgehead atoms. The van der Waals surface area contributed by atoms with E-state index in [1.807, 2.05) is 26.0 Å². The summed E-state index contributed by atoms with van der Waals surface area (Å²) < 4.78 is 6.27. The first-order chi connectivity index (χ1) is 9.90. The minimum absolute atomic E-state index is 0.149. The maximum Gasteiger partial charge on any atom is 0.327 e. The van der Waals surface area contributed by atoms with Crippen molar-refractivity contribution in [3.8, 4) is 5.75 Å². The molecular weight excluding hydrogens is 358 g/mol. The molecule has 1 N–H and O–H groups in total. The Labute approximate surface area is 135 Å². The van der Waals surface area contributed by atoms with Crippen molar-refractivity contribution in [3.63, 3.8) is 0 Å². The van der Waals surface area contributed by atoms with Gasteiger partial charge in [-0.25, -0.2) is 4.79 Å². The highest BCUT2D eigenvalue weighted by atomic mass is 79.9. The van der Waals surface area contributed by atoms with E-state index < -0.39 is 12.0 Å². The van der Waals surface area contributed by atoms with Crippen LogP contribution in [0.15, 0.2) is 22.7 Å². The van der Waals surface area contributed by atoms with Crippen LogP contribution in [0.1, 0.15) is 12.5 Å². The summed E-state index contributed by atoms with van der Waals surface area (Å²) in [7, 11) is 0. The summed E-state index contributed by atoms with van der Waals surface area (Å²) in [5.74, 6) is -0.305. The number of halogens is 1. The predicted molar refractivity (Wildman–Crippen MR) is 84.6 cm³/mol. The number of carbonyl (C=O) groups excluding carboxylic acids is 1. The summed E-state index contributed by atoms with van der Waals surface area (Å²) in [6.45, 7) is 3.62. The first-order valence-electron chi connectivity index (χ1n) is 6.44. The molecule has 0 radical (unpaired) electrons. The number of hydrogen-bond acceptors (Lipinski definition) is 4. The average Bonchev–Trinajstić information content (AvgIpc) is 2.79. The zero-order chi connectivity index (χ0) is 15.6. The number of rotatable bonds is 4. The first-order valence-corrected chi connectivity index (χ1v) is 8.29. The fraction of sp³-hybridized carbons (Fsp3) is 0.429. The highest BCUT2D eigenvalue weighted by Crippen LogP contribution is 2.30. The van der Waals surface area contributed by atoms with Crippen LogP contribution in [0.5, 0.6) is 5.75 Å². The van der Waals surface area contributed by atoms with Gasteiger partial charge in [-0.05, 0) is 47.5 Å². The average molecular weight is 374 g/mol. The lowest BCUT2D eigenvalue weighted by atomic mass is 10.2. The molecule has 1 amide bonds. The van der Waals surface area contributed by atoms with Gasteiger partial charge in [-0.3, -0.25) is 4.79 Å². The van der Waals surface area contributed by atoms with Crippen molar-refractivity contribution in [1.82, 2.24) is 4.90 Å². The fourth-order valence-electron chi connectivity index (χ4n) is 2.15. The van der Waals surface area contributed by atoms with Gasteiger partial charge in [0.15, 0.2) is 6.61 Å². The topological polar surface area (TPSA) is 66.8 Å². The second-order valence-electron chi connectivity index (χ2n) is 4.81. The van der Waals surface area contributed by atoms with Crippen molar-refractivity contribution in [2.24, 2.45) is 0 Å². The van der Waals surface area contributed by atoms with Crippen molar-refractivity contribution >= 4 is 39.6 Å². The van der Waals surface area contributed by atoms with Gasteiger partial charge in [0.2, 0.25) is 0 Å². The van der Waals surface area contributed by atoms with Gasteiger partial charge in [-0.2, -0.15) is 0 Å². The number of aliphatic carboxylic acids is 1. The summed E-state index contributed by atoms with van der Waals surface area (Å²) in [4.78, 5) is 24.8. The van der Waals surface area contributed by atoms with Crippen LogP contribution < -0.4 is 4.74 Å². The summed E-state index contributed by atoms with van der Waals surface area (Å²) in [6, 6.07) is 4.79. The zero-order valence-electron chi connectivity index (χ0n) is 11.7. The van der Waals surface area contributed by atoms with Crippen LogP contribution in [0.2, 0.25) is 0 Å². The minimum atomic E-state index is -0.975. The normalized spacial score (nSPS) is 21.4. The largest absolute Gasteiger partial charge is 0.483 e. The molecule has 1 heterocycles. The van der Waals surface area contributed by atoms with Crippen molar-refractivity contribution < 1.29 is 19.4 Å². The molecule has 0 aromatic heterocycles. The quantitative estimate of drug-likeness (QED) is 0.877. The Hall–Kier alpha value is -1.21. The van der Waals surface area contributed by atoms with Crippen LogP contribution in [-0.4, -0.2) is 45.7 Å². The highest BCUT2D eigenvalue weighted by molar-refractivity contribution is 9.10. The number of carboxylic acids is 1. The van der Waals surface area contributed by atoms with Crippen molar-refractivity contribution in [2.75, 3.05) is 12.4 Å². The summed E-state index contributed by atoms with van der Waals surface area (Å²) in [6.07, 6.45) is 0. The van der Waals surface area contributed by atoms with Crippen LogP contribution in [0, 0.1) is 6.92 Å². The number of carboxylic acid groups (broad SMARTS) is 1. The Kier molecular flexibility index (Phi) is 5.16. The fourth-order valence-corrected chi connectivity index (χ4v) is 3.95. The van der Waals surface area contributed by atoms with Crippen molar-refractivity contribution in [1.29, 1.82) is 0 Å².